The Hall–Kier alpha value is -2.16. The van der Waals surface area contributed by atoms with Gasteiger partial charge in [0.05, 0.1) is 5.69 Å². The molecule has 3 heteroatoms. The van der Waals surface area contributed by atoms with E-state index in [-0.39, 0.29) is 0 Å². The third-order valence-corrected chi connectivity index (χ3v) is 2.96. The zero-order chi connectivity index (χ0) is 13.8. The number of pyridine rings is 1. The van der Waals surface area contributed by atoms with Crippen LogP contribution in [0.4, 0.5) is 0 Å². The van der Waals surface area contributed by atoms with Gasteiger partial charge < -0.3 is 4.74 Å². The van der Waals surface area contributed by atoms with E-state index in [9.17, 15) is 4.79 Å². The lowest BCUT2D eigenvalue weighted by Crippen LogP contribution is -1.97. The third-order valence-electron chi connectivity index (χ3n) is 2.96. The van der Waals surface area contributed by atoms with E-state index in [2.05, 4.69) is 11.9 Å². The van der Waals surface area contributed by atoms with Crippen molar-refractivity contribution in [1.82, 2.24) is 4.98 Å². The van der Waals surface area contributed by atoms with Crippen molar-refractivity contribution in [3.63, 3.8) is 0 Å². The highest BCUT2D eigenvalue weighted by Crippen LogP contribution is 2.28. The van der Waals surface area contributed by atoms with Crippen LogP contribution in [0.15, 0.2) is 30.3 Å². The van der Waals surface area contributed by atoms with E-state index in [0.29, 0.717) is 5.56 Å². The van der Waals surface area contributed by atoms with E-state index in [1.807, 2.05) is 38.1 Å². The van der Waals surface area contributed by atoms with Gasteiger partial charge in [-0.3, -0.25) is 9.78 Å². The summed E-state index contributed by atoms with van der Waals surface area (Å²) in [6.45, 7) is 5.94. The Morgan fingerprint density at radius 1 is 1.16 bits per heavy atom. The number of carbonyl (C=O) groups is 1. The minimum atomic E-state index is 0.655. The number of ether oxygens (including phenoxy) is 1. The van der Waals surface area contributed by atoms with Gasteiger partial charge in [0.15, 0.2) is 0 Å². The molecule has 98 valence electrons. The molecule has 0 aliphatic heterocycles. The van der Waals surface area contributed by atoms with Crippen molar-refractivity contribution >= 4 is 6.29 Å². The van der Waals surface area contributed by atoms with Crippen molar-refractivity contribution in [2.75, 3.05) is 0 Å². The number of rotatable bonds is 4. The van der Waals surface area contributed by atoms with Gasteiger partial charge >= 0.3 is 0 Å². The zero-order valence-electron chi connectivity index (χ0n) is 11.4. The third kappa shape index (κ3) is 2.99. The van der Waals surface area contributed by atoms with Crippen LogP contribution in [0.1, 0.15) is 34.2 Å². The van der Waals surface area contributed by atoms with Crippen LogP contribution in [0.5, 0.6) is 11.5 Å². The average molecular weight is 255 g/mol. The van der Waals surface area contributed by atoms with E-state index in [4.69, 9.17) is 4.74 Å². The lowest BCUT2D eigenvalue weighted by atomic mass is 10.1. The molecule has 0 unspecified atom stereocenters. The molecule has 19 heavy (non-hydrogen) atoms. The first kappa shape index (κ1) is 13.3. The summed E-state index contributed by atoms with van der Waals surface area (Å²) in [6.07, 6.45) is 1.66. The van der Waals surface area contributed by atoms with E-state index in [1.54, 1.807) is 6.07 Å². The Morgan fingerprint density at radius 2 is 1.89 bits per heavy atom. The Bertz CT molecular complexity index is 606. The summed E-state index contributed by atoms with van der Waals surface area (Å²) >= 11 is 0. The second kappa shape index (κ2) is 5.65. The average Bonchev–Trinajstić information content (AvgIpc) is 2.42. The normalized spacial score (nSPS) is 10.3. The smallest absolute Gasteiger partial charge is 0.150 e. The van der Waals surface area contributed by atoms with Crippen LogP contribution >= 0.6 is 0 Å². The molecule has 0 bridgehead atoms. The van der Waals surface area contributed by atoms with E-state index in [1.165, 1.54) is 0 Å². The number of aldehydes is 1. The number of benzene rings is 1. The van der Waals surface area contributed by atoms with Gasteiger partial charge in [0.1, 0.15) is 17.8 Å². The monoisotopic (exact) mass is 255 g/mol. The lowest BCUT2D eigenvalue weighted by Gasteiger charge is -2.12. The molecule has 3 nitrogen and oxygen atoms in total. The maximum absolute atomic E-state index is 10.7. The van der Waals surface area contributed by atoms with Gasteiger partial charge in [-0.25, -0.2) is 0 Å². The highest BCUT2D eigenvalue weighted by atomic mass is 16.5. The van der Waals surface area contributed by atoms with Gasteiger partial charge in [-0.1, -0.05) is 6.92 Å². The number of hydrogen-bond donors (Lipinski definition) is 0. The fraction of sp³-hybridized carbons (Fsp3) is 0.250. The number of hydrogen-bond acceptors (Lipinski definition) is 3. The summed E-state index contributed by atoms with van der Waals surface area (Å²) in [5, 5.41) is 0. The SMILES string of the molecule is CCc1nc(C)ccc1Oc1ccc(C=O)cc1C. The Kier molecular flexibility index (Phi) is 3.95. The maximum Gasteiger partial charge on any atom is 0.150 e. The highest BCUT2D eigenvalue weighted by Gasteiger charge is 2.07. The summed E-state index contributed by atoms with van der Waals surface area (Å²) in [6, 6.07) is 9.26. The van der Waals surface area contributed by atoms with Crippen molar-refractivity contribution in [3.8, 4) is 11.5 Å². The molecular weight excluding hydrogens is 238 g/mol. The molecule has 0 N–H and O–H groups in total. The van der Waals surface area contributed by atoms with Crippen molar-refractivity contribution in [3.05, 3.63) is 52.8 Å². The molecule has 2 aromatic rings. The molecule has 0 aliphatic carbocycles. The second-order valence-electron chi connectivity index (χ2n) is 4.50. The van der Waals surface area contributed by atoms with Crippen LogP contribution in [0.3, 0.4) is 0 Å². The zero-order valence-corrected chi connectivity index (χ0v) is 11.4. The molecule has 1 aromatic heterocycles. The largest absolute Gasteiger partial charge is 0.455 e. The van der Waals surface area contributed by atoms with Crippen molar-refractivity contribution in [2.24, 2.45) is 0 Å². The highest BCUT2D eigenvalue weighted by molar-refractivity contribution is 5.75. The van der Waals surface area contributed by atoms with E-state index in [0.717, 1.165) is 41.2 Å². The molecule has 0 saturated heterocycles. The Balaban J connectivity index is 2.33. The lowest BCUT2D eigenvalue weighted by molar-refractivity contribution is 0.112. The number of carbonyl (C=O) groups excluding carboxylic acids is 1. The maximum atomic E-state index is 10.7. The van der Waals surface area contributed by atoms with Crippen LogP contribution < -0.4 is 4.74 Å². The summed E-state index contributed by atoms with van der Waals surface area (Å²) in [5.74, 6) is 1.53. The summed E-state index contributed by atoms with van der Waals surface area (Å²) in [4.78, 5) is 15.2. The predicted octanol–water partition coefficient (Wildman–Crippen LogP) is 3.87. The minimum Gasteiger partial charge on any atom is -0.455 e. The molecule has 0 fully saturated rings. The molecule has 0 saturated carbocycles. The fourth-order valence-electron chi connectivity index (χ4n) is 1.92. The molecular formula is C16H17NO2. The predicted molar refractivity (Wildman–Crippen MR) is 75.0 cm³/mol. The molecule has 2 rings (SSSR count). The van der Waals surface area contributed by atoms with Gasteiger partial charge in [-0.15, -0.1) is 0 Å². The molecule has 0 aliphatic rings. The van der Waals surface area contributed by atoms with Gasteiger partial charge in [0.25, 0.3) is 0 Å². The van der Waals surface area contributed by atoms with Gasteiger partial charge in [0, 0.05) is 11.3 Å². The van der Waals surface area contributed by atoms with E-state index >= 15 is 0 Å². The summed E-state index contributed by atoms with van der Waals surface area (Å²) in [7, 11) is 0. The standard InChI is InChI=1S/C16H17NO2/c1-4-14-16(7-5-12(3)17-14)19-15-8-6-13(10-18)9-11(15)2/h5-10H,4H2,1-3H3. The van der Waals surface area contributed by atoms with Crippen LogP contribution in [-0.4, -0.2) is 11.3 Å². The molecule has 0 atom stereocenters. The summed E-state index contributed by atoms with van der Waals surface area (Å²) in [5.41, 5.74) is 3.52. The van der Waals surface area contributed by atoms with E-state index < -0.39 is 0 Å². The number of aromatic nitrogens is 1. The van der Waals surface area contributed by atoms with Gasteiger partial charge in [-0.05, 0) is 56.2 Å². The summed E-state index contributed by atoms with van der Waals surface area (Å²) < 4.78 is 5.91. The Labute approximate surface area is 113 Å². The fourth-order valence-corrected chi connectivity index (χ4v) is 1.92. The van der Waals surface area contributed by atoms with Gasteiger partial charge in [-0.2, -0.15) is 0 Å². The second-order valence-corrected chi connectivity index (χ2v) is 4.50. The topological polar surface area (TPSA) is 39.2 Å². The molecule has 1 aromatic carbocycles. The first-order chi connectivity index (χ1) is 9.13. The molecule has 0 radical (unpaired) electrons. The van der Waals surface area contributed by atoms with Crippen LogP contribution in [-0.2, 0) is 6.42 Å². The minimum absolute atomic E-state index is 0.655. The number of aryl methyl sites for hydroxylation is 3. The quantitative estimate of drug-likeness (QED) is 0.778. The van der Waals surface area contributed by atoms with Crippen molar-refractivity contribution in [2.45, 2.75) is 27.2 Å². The molecule has 0 amide bonds. The van der Waals surface area contributed by atoms with Crippen LogP contribution in [0.25, 0.3) is 0 Å². The Morgan fingerprint density at radius 3 is 2.53 bits per heavy atom. The van der Waals surface area contributed by atoms with Crippen LogP contribution in [0, 0.1) is 13.8 Å². The number of nitrogens with zero attached hydrogens (tertiary/aromatic N) is 1. The van der Waals surface area contributed by atoms with Crippen LogP contribution in [0.2, 0.25) is 0 Å². The first-order valence-corrected chi connectivity index (χ1v) is 6.34. The molecule has 1 heterocycles. The molecule has 0 spiro atoms. The van der Waals surface area contributed by atoms with Gasteiger partial charge in [0.2, 0.25) is 0 Å². The van der Waals surface area contributed by atoms with Crippen molar-refractivity contribution in [1.29, 1.82) is 0 Å². The first-order valence-electron chi connectivity index (χ1n) is 6.34. The van der Waals surface area contributed by atoms with Crippen molar-refractivity contribution < 1.29 is 9.53 Å².